The Morgan fingerprint density at radius 3 is 2.52 bits per heavy atom. The van der Waals surface area contributed by atoms with Crippen molar-refractivity contribution < 1.29 is 19.8 Å². The number of aliphatic imine (C=N–C) groups is 1. The third kappa shape index (κ3) is 4.89. The molecule has 0 aromatic heterocycles. The van der Waals surface area contributed by atoms with Crippen LogP contribution in [0.1, 0.15) is 39.2 Å². The fourth-order valence-corrected chi connectivity index (χ4v) is 2.80. The molecule has 0 aliphatic heterocycles. The quantitative estimate of drug-likeness (QED) is 0.673. The molecule has 0 spiro atoms. The average molecular weight is 340 g/mol. The van der Waals surface area contributed by atoms with Crippen molar-refractivity contribution in [1.82, 2.24) is 0 Å². The average Bonchev–Trinajstić information content (AvgIpc) is 2.52. The van der Waals surface area contributed by atoms with Crippen molar-refractivity contribution in [3.05, 3.63) is 53.3 Å². The molecule has 1 fully saturated rings. The van der Waals surface area contributed by atoms with E-state index in [-0.39, 0.29) is 29.0 Å². The smallest absolute Gasteiger partial charge is 0.168 e. The highest BCUT2D eigenvalue weighted by Gasteiger charge is 2.36. The number of ketones is 1. The molecule has 0 amide bonds. The van der Waals surface area contributed by atoms with Crippen LogP contribution in [0.15, 0.2) is 52.7 Å². The largest absolute Gasteiger partial charge is 0.548 e. The van der Waals surface area contributed by atoms with E-state index in [0.29, 0.717) is 12.1 Å². The fourth-order valence-electron chi connectivity index (χ4n) is 2.80. The minimum absolute atomic E-state index is 0.0969. The first-order chi connectivity index (χ1) is 11.7. The zero-order valence-electron chi connectivity index (χ0n) is 14.7. The minimum Gasteiger partial charge on any atom is -0.548 e. The Morgan fingerprint density at radius 1 is 1.28 bits per heavy atom. The lowest BCUT2D eigenvalue weighted by molar-refractivity contribution is -0.306. The van der Waals surface area contributed by atoms with Crippen LogP contribution < -0.4 is 5.11 Å². The standard InChI is InChI=1S/C20H23NO4/c1-13(19(24)25)21-15-11-20(2,3)12-17(23)18(15)16(22)10-9-14-7-5-4-6-8-14/h4-10,13,22H,11-12H2,1-3H3,(H,24,25)/p-1. The normalized spacial score (nSPS) is 22.2. The van der Waals surface area contributed by atoms with Gasteiger partial charge in [-0.25, -0.2) is 0 Å². The van der Waals surface area contributed by atoms with Gasteiger partial charge < -0.3 is 15.0 Å². The van der Waals surface area contributed by atoms with E-state index in [9.17, 15) is 19.8 Å². The maximum Gasteiger partial charge on any atom is 0.168 e. The Balaban J connectivity index is 2.43. The summed E-state index contributed by atoms with van der Waals surface area (Å²) in [5.41, 5.74) is 0.946. The van der Waals surface area contributed by atoms with Gasteiger partial charge in [0.05, 0.1) is 23.3 Å². The number of Topliss-reactive ketones (excluding diaryl/α,β-unsaturated/α-hetero) is 1. The summed E-state index contributed by atoms with van der Waals surface area (Å²) < 4.78 is 0. The lowest BCUT2D eigenvalue weighted by atomic mass is 9.73. The Bertz CT molecular complexity index is 757. The Morgan fingerprint density at radius 2 is 1.92 bits per heavy atom. The first-order valence-electron chi connectivity index (χ1n) is 8.17. The van der Waals surface area contributed by atoms with E-state index >= 15 is 0 Å². The second-order valence-electron chi connectivity index (χ2n) is 7.02. The molecule has 25 heavy (non-hydrogen) atoms. The number of nitrogens with zero attached hydrogens (tertiary/aromatic N) is 1. The third-order valence-electron chi connectivity index (χ3n) is 4.03. The number of allylic oxidation sites excluding steroid dienone is 2. The number of aliphatic hydroxyl groups excluding tert-OH is 1. The Labute approximate surface area is 147 Å². The summed E-state index contributed by atoms with van der Waals surface area (Å²) in [5, 5.41) is 21.4. The van der Waals surface area contributed by atoms with Gasteiger partial charge in [0.2, 0.25) is 0 Å². The van der Waals surface area contributed by atoms with Crippen LogP contribution in [0.5, 0.6) is 0 Å². The molecule has 5 nitrogen and oxygen atoms in total. The molecule has 0 heterocycles. The molecule has 1 aliphatic carbocycles. The number of carbonyl (C=O) groups is 2. The van der Waals surface area contributed by atoms with Crippen LogP contribution in [-0.4, -0.2) is 28.6 Å². The van der Waals surface area contributed by atoms with Gasteiger partial charge in [-0.15, -0.1) is 0 Å². The molecule has 5 heteroatoms. The minimum atomic E-state index is -1.32. The van der Waals surface area contributed by atoms with E-state index in [4.69, 9.17) is 0 Å². The van der Waals surface area contributed by atoms with Gasteiger partial charge >= 0.3 is 0 Å². The number of aliphatic carboxylic acids is 1. The van der Waals surface area contributed by atoms with Gasteiger partial charge in [-0.1, -0.05) is 50.3 Å². The zero-order valence-corrected chi connectivity index (χ0v) is 14.7. The first-order valence-corrected chi connectivity index (χ1v) is 8.17. The second kappa shape index (κ2) is 7.47. The van der Waals surface area contributed by atoms with Gasteiger partial charge in [0.1, 0.15) is 5.76 Å². The van der Waals surface area contributed by atoms with Crippen molar-refractivity contribution in [1.29, 1.82) is 0 Å². The lowest BCUT2D eigenvalue weighted by Gasteiger charge is -2.31. The molecule has 0 radical (unpaired) electrons. The van der Waals surface area contributed by atoms with Crippen LogP contribution in [0.3, 0.4) is 0 Å². The topological polar surface area (TPSA) is 89.8 Å². The van der Waals surface area contributed by atoms with Crippen LogP contribution >= 0.6 is 0 Å². The molecule has 132 valence electrons. The molecule has 2 rings (SSSR count). The maximum absolute atomic E-state index is 12.5. The van der Waals surface area contributed by atoms with Gasteiger partial charge in [0.25, 0.3) is 0 Å². The number of carboxylic acids is 1. The molecule has 0 bridgehead atoms. The third-order valence-corrected chi connectivity index (χ3v) is 4.03. The number of hydrogen-bond acceptors (Lipinski definition) is 5. The maximum atomic E-state index is 12.5. The van der Waals surface area contributed by atoms with Crippen molar-refractivity contribution in [2.24, 2.45) is 10.4 Å². The molecule has 1 saturated carbocycles. The molecule has 1 aromatic carbocycles. The van der Waals surface area contributed by atoms with Crippen molar-refractivity contribution >= 4 is 23.5 Å². The molecule has 0 saturated heterocycles. The van der Waals surface area contributed by atoms with Crippen LogP contribution in [0.2, 0.25) is 0 Å². The lowest BCUT2D eigenvalue weighted by Crippen LogP contribution is -2.36. The van der Waals surface area contributed by atoms with E-state index in [0.717, 1.165) is 5.56 Å². The second-order valence-corrected chi connectivity index (χ2v) is 7.02. The zero-order chi connectivity index (χ0) is 18.6. The van der Waals surface area contributed by atoms with Gasteiger partial charge in [-0.05, 0) is 30.4 Å². The number of carboxylic acid groups (broad SMARTS) is 1. The Hall–Kier alpha value is -2.69. The van der Waals surface area contributed by atoms with Crippen LogP contribution in [0.25, 0.3) is 6.08 Å². The highest BCUT2D eigenvalue weighted by atomic mass is 16.4. The molecule has 1 atom stereocenters. The number of hydrogen-bond donors (Lipinski definition) is 1. The van der Waals surface area contributed by atoms with Crippen LogP contribution in [0, 0.1) is 5.41 Å². The Kier molecular flexibility index (Phi) is 5.57. The number of aliphatic hydroxyl groups is 1. The summed E-state index contributed by atoms with van der Waals surface area (Å²) in [4.78, 5) is 27.7. The molecule has 1 aromatic rings. The van der Waals surface area contributed by atoms with Crippen molar-refractivity contribution in [3.63, 3.8) is 0 Å². The summed E-state index contributed by atoms with van der Waals surface area (Å²) in [6.45, 7) is 5.22. The van der Waals surface area contributed by atoms with E-state index in [2.05, 4.69) is 4.99 Å². The van der Waals surface area contributed by atoms with E-state index < -0.39 is 12.0 Å². The van der Waals surface area contributed by atoms with Crippen molar-refractivity contribution in [3.8, 4) is 0 Å². The summed E-state index contributed by atoms with van der Waals surface area (Å²) in [6.07, 6.45) is 3.81. The summed E-state index contributed by atoms with van der Waals surface area (Å²) in [5.74, 6) is -1.76. The van der Waals surface area contributed by atoms with Gasteiger partial charge in [-0.2, -0.15) is 0 Å². The van der Waals surface area contributed by atoms with E-state index in [1.807, 2.05) is 44.2 Å². The van der Waals surface area contributed by atoms with E-state index in [1.165, 1.54) is 13.0 Å². The number of carbonyl (C=O) groups excluding carboxylic acids is 2. The monoisotopic (exact) mass is 340 g/mol. The van der Waals surface area contributed by atoms with Gasteiger partial charge in [0.15, 0.2) is 5.78 Å². The molecular weight excluding hydrogens is 318 g/mol. The first kappa shape index (κ1) is 18.6. The number of rotatable bonds is 4. The fraction of sp³-hybridized carbons (Fsp3) is 0.350. The molecule has 1 unspecified atom stereocenters. The highest BCUT2D eigenvalue weighted by molar-refractivity contribution is 6.25. The van der Waals surface area contributed by atoms with Gasteiger partial charge in [0, 0.05) is 6.42 Å². The summed E-state index contributed by atoms with van der Waals surface area (Å²) in [7, 11) is 0. The van der Waals surface area contributed by atoms with Crippen molar-refractivity contribution in [2.45, 2.75) is 39.7 Å². The SMILES string of the molecule is CC(N=C1CC(C)(C)CC(=O)C1=C(O)C=Cc1ccccc1)C(=O)[O-]. The molecule has 1 aliphatic rings. The predicted molar refractivity (Wildman–Crippen MR) is 95.1 cm³/mol. The highest BCUT2D eigenvalue weighted by Crippen LogP contribution is 2.35. The molecule has 1 N–H and O–H groups in total. The predicted octanol–water partition coefficient (Wildman–Crippen LogP) is 2.48. The molecular formula is C20H22NO4-. The number of benzene rings is 1. The van der Waals surface area contributed by atoms with Crippen LogP contribution in [0.4, 0.5) is 0 Å². The van der Waals surface area contributed by atoms with E-state index in [1.54, 1.807) is 6.08 Å². The van der Waals surface area contributed by atoms with Crippen LogP contribution in [-0.2, 0) is 9.59 Å². The van der Waals surface area contributed by atoms with Crippen molar-refractivity contribution in [2.75, 3.05) is 0 Å². The van der Waals surface area contributed by atoms with Gasteiger partial charge in [-0.3, -0.25) is 9.79 Å². The summed E-state index contributed by atoms with van der Waals surface area (Å²) in [6, 6.07) is 8.27. The summed E-state index contributed by atoms with van der Waals surface area (Å²) >= 11 is 0.